The van der Waals surface area contributed by atoms with E-state index in [4.69, 9.17) is 5.73 Å². The van der Waals surface area contributed by atoms with E-state index in [0.29, 0.717) is 12.1 Å². The maximum atomic E-state index is 12.3. The van der Waals surface area contributed by atoms with E-state index in [1.54, 1.807) is 35.3 Å². The van der Waals surface area contributed by atoms with E-state index in [1.165, 1.54) is 6.07 Å². The van der Waals surface area contributed by atoms with Gasteiger partial charge in [-0.2, -0.15) is 0 Å². The fraction of sp³-hybridized carbons (Fsp3) is 0.389. The molecule has 1 fully saturated rings. The molecule has 0 spiro atoms. The van der Waals surface area contributed by atoms with Gasteiger partial charge in [-0.25, -0.2) is 4.79 Å². The highest BCUT2D eigenvalue weighted by atomic mass is 16.4. The molecule has 0 unspecified atom stereocenters. The van der Waals surface area contributed by atoms with E-state index >= 15 is 0 Å². The quantitative estimate of drug-likeness (QED) is 0.792. The van der Waals surface area contributed by atoms with Crippen LogP contribution in [0.4, 0.5) is 10.5 Å². The summed E-state index contributed by atoms with van der Waals surface area (Å²) in [5.74, 6) is 0.216. The summed E-state index contributed by atoms with van der Waals surface area (Å²) in [5, 5.41) is 11.9. The van der Waals surface area contributed by atoms with Crippen molar-refractivity contribution in [2.24, 2.45) is 5.92 Å². The Hall–Kier alpha value is -2.83. The van der Waals surface area contributed by atoms with Crippen molar-refractivity contribution in [1.82, 2.24) is 14.9 Å². The number of nitrogens with zero attached hydrogens (tertiary/aromatic N) is 2. The summed E-state index contributed by atoms with van der Waals surface area (Å²) in [5.41, 5.74) is 7.53. The summed E-state index contributed by atoms with van der Waals surface area (Å²) >= 11 is 0. The first-order valence-corrected chi connectivity index (χ1v) is 8.33. The Bertz CT molecular complexity index is 820. The Morgan fingerprint density at radius 2 is 2.16 bits per heavy atom. The van der Waals surface area contributed by atoms with Gasteiger partial charge in [0, 0.05) is 18.5 Å². The van der Waals surface area contributed by atoms with Gasteiger partial charge in [-0.05, 0) is 42.4 Å². The fourth-order valence-electron chi connectivity index (χ4n) is 4.03. The number of pyridine rings is 2. The van der Waals surface area contributed by atoms with Crippen molar-refractivity contribution in [3.05, 3.63) is 58.8 Å². The number of hydrogen-bond acceptors (Lipinski definition) is 4. The largest absolute Gasteiger partial charge is 0.465 e. The van der Waals surface area contributed by atoms with Gasteiger partial charge in [0.15, 0.2) is 0 Å². The van der Waals surface area contributed by atoms with Crippen molar-refractivity contribution in [2.75, 3.05) is 5.73 Å². The molecule has 0 aromatic carbocycles. The topological polar surface area (TPSA) is 110 Å². The molecule has 7 heteroatoms. The second-order valence-corrected chi connectivity index (χ2v) is 6.64. The number of carboxylic acid groups (broad SMARTS) is 1. The predicted octanol–water partition coefficient (Wildman–Crippen LogP) is 2.22. The SMILES string of the molecule is C[C@@H]1C[C@@H](c2ccncc2N)C[C@H](NC(=O)O)[C@H]1n1ccccc1=O. The average Bonchev–Trinajstić information content (AvgIpc) is 2.55. The van der Waals surface area contributed by atoms with E-state index < -0.39 is 6.09 Å². The van der Waals surface area contributed by atoms with Crippen molar-refractivity contribution in [3.63, 3.8) is 0 Å². The molecule has 0 radical (unpaired) electrons. The van der Waals surface area contributed by atoms with Crippen LogP contribution in [-0.2, 0) is 0 Å². The number of nitrogen functional groups attached to an aromatic ring is 1. The molecule has 1 aliphatic carbocycles. The number of hydrogen-bond donors (Lipinski definition) is 3. The molecule has 1 aliphatic rings. The van der Waals surface area contributed by atoms with Gasteiger partial charge in [0.1, 0.15) is 0 Å². The minimum Gasteiger partial charge on any atom is -0.465 e. The minimum absolute atomic E-state index is 0.100. The summed E-state index contributed by atoms with van der Waals surface area (Å²) in [6.45, 7) is 2.05. The van der Waals surface area contributed by atoms with Crippen LogP contribution in [-0.4, -0.2) is 26.8 Å². The summed E-state index contributed by atoms with van der Waals surface area (Å²) < 4.78 is 1.64. The maximum absolute atomic E-state index is 12.3. The van der Waals surface area contributed by atoms with E-state index in [9.17, 15) is 14.7 Å². The Kier molecular flexibility index (Phi) is 4.74. The molecule has 0 bridgehead atoms. The van der Waals surface area contributed by atoms with Gasteiger partial charge in [-0.3, -0.25) is 9.78 Å². The predicted molar refractivity (Wildman–Crippen MR) is 94.5 cm³/mol. The molecular formula is C18H22N4O3. The smallest absolute Gasteiger partial charge is 0.404 e. The van der Waals surface area contributed by atoms with E-state index in [0.717, 1.165) is 12.0 Å². The minimum atomic E-state index is -1.09. The first-order chi connectivity index (χ1) is 12.0. The van der Waals surface area contributed by atoms with Crippen LogP contribution in [0.5, 0.6) is 0 Å². The first kappa shape index (κ1) is 17.0. The van der Waals surface area contributed by atoms with Crippen molar-refractivity contribution >= 4 is 11.8 Å². The molecule has 0 aliphatic heterocycles. The van der Waals surface area contributed by atoms with Crippen LogP contribution in [0, 0.1) is 5.92 Å². The van der Waals surface area contributed by atoms with E-state index in [-0.39, 0.29) is 29.5 Å². The molecule has 2 aromatic rings. The summed E-state index contributed by atoms with van der Waals surface area (Å²) in [6, 6.07) is 6.26. The third-order valence-electron chi connectivity index (χ3n) is 5.00. The van der Waals surface area contributed by atoms with Gasteiger partial charge >= 0.3 is 6.09 Å². The highest BCUT2D eigenvalue weighted by Crippen LogP contribution is 2.42. The highest BCUT2D eigenvalue weighted by molar-refractivity contribution is 5.65. The first-order valence-electron chi connectivity index (χ1n) is 8.33. The van der Waals surface area contributed by atoms with Crippen LogP contribution < -0.4 is 16.6 Å². The van der Waals surface area contributed by atoms with Crippen LogP contribution >= 0.6 is 0 Å². The normalized spacial score (nSPS) is 26.1. The van der Waals surface area contributed by atoms with Gasteiger partial charge in [-0.15, -0.1) is 0 Å². The van der Waals surface area contributed by atoms with Crippen LogP contribution in [0.25, 0.3) is 0 Å². The standard InChI is InChI=1S/C18H22N4O3/c1-11-8-12(13-5-6-20-10-14(13)19)9-15(21-18(24)25)17(11)22-7-3-2-4-16(22)23/h2-7,10-12,15,17,21H,8-9,19H2,1H3,(H,24,25)/t11-,12-,15+,17+/m1/s1. The number of nitrogens with two attached hydrogens (primary N) is 1. The van der Waals surface area contributed by atoms with Gasteiger partial charge < -0.3 is 20.7 Å². The molecule has 132 valence electrons. The lowest BCUT2D eigenvalue weighted by Gasteiger charge is -2.41. The van der Waals surface area contributed by atoms with Gasteiger partial charge in [0.05, 0.1) is 24.0 Å². The second kappa shape index (κ2) is 6.96. The number of amides is 1. The number of anilines is 1. The molecule has 25 heavy (non-hydrogen) atoms. The second-order valence-electron chi connectivity index (χ2n) is 6.64. The van der Waals surface area contributed by atoms with Crippen molar-refractivity contribution < 1.29 is 9.90 Å². The molecule has 2 heterocycles. The van der Waals surface area contributed by atoms with Gasteiger partial charge in [-0.1, -0.05) is 13.0 Å². The molecular weight excluding hydrogens is 320 g/mol. The zero-order valence-corrected chi connectivity index (χ0v) is 14.0. The third-order valence-corrected chi connectivity index (χ3v) is 5.00. The molecule has 1 saturated carbocycles. The van der Waals surface area contributed by atoms with E-state index in [2.05, 4.69) is 10.3 Å². The van der Waals surface area contributed by atoms with Crippen LogP contribution in [0.3, 0.4) is 0 Å². The Labute approximate surface area is 145 Å². The Balaban J connectivity index is 1.96. The zero-order chi connectivity index (χ0) is 18.0. The molecule has 1 amide bonds. The summed E-state index contributed by atoms with van der Waals surface area (Å²) in [6.07, 6.45) is 5.35. The molecule has 2 aromatic heterocycles. The number of carbonyl (C=O) groups is 1. The van der Waals surface area contributed by atoms with Crippen molar-refractivity contribution in [2.45, 2.75) is 37.8 Å². The number of rotatable bonds is 3. The summed E-state index contributed by atoms with van der Waals surface area (Å²) in [4.78, 5) is 27.6. The molecule has 7 nitrogen and oxygen atoms in total. The fourth-order valence-corrected chi connectivity index (χ4v) is 4.03. The van der Waals surface area contributed by atoms with E-state index in [1.807, 2.05) is 13.0 Å². The average molecular weight is 342 g/mol. The molecule has 4 atom stereocenters. The lowest BCUT2D eigenvalue weighted by molar-refractivity contribution is 0.149. The van der Waals surface area contributed by atoms with Crippen LogP contribution in [0.2, 0.25) is 0 Å². The highest BCUT2D eigenvalue weighted by Gasteiger charge is 2.38. The lowest BCUT2D eigenvalue weighted by Crippen LogP contribution is -2.49. The van der Waals surface area contributed by atoms with Crippen LogP contribution in [0.15, 0.2) is 47.7 Å². The molecule has 3 rings (SSSR count). The Morgan fingerprint density at radius 3 is 2.84 bits per heavy atom. The van der Waals surface area contributed by atoms with Crippen molar-refractivity contribution in [1.29, 1.82) is 0 Å². The maximum Gasteiger partial charge on any atom is 0.404 e. The van der Waals surface area contributed by atoms with Gasteiger partial charge in [0.2, 0.25) is 0 Å². The monoisotopic (exact) mass is 342 g/mol. The summed E-state index contributed by atoms with van der Waals surface area (Å²) in [7, 11) is 0. The van der Waals surface area contributed by atoms with Crippen LogP contribution in [0.1, 0.15) is 37.3 Å². The van der Waals surface area contributed by atoms with Gasteiger partial charge in [0.25, 0.3) is 5.56 Å². The molecule has 4 N–H and O–H groups in total. The number of aromatic nitrogens is 2. The van der Waals surface area contributed by atoms with Crippen molar-refractivity contribution in [3.8, 4) is 0 Å². The third kappa shape index (κ3) is 3.50. The zero-order valence-electron chi connectivity index (χ0n) is 14.0. The molecule has 0 saturated heterocycles. The number of nitrogens with one attached hydrogen (secondary N) is 1. The Morgan fingerprint density at radius 1 is 1.36 bits per heavy atom. The lowest BCUT2D eigenvalue weighted by atomic mass is 9.73.